The maximum absolute atomic E-state index is 11.1. The average molecular weight is 300 g/mol. The van der Waals surface area contributed by atoms with Crippen LogP contribution in [0.3, 0.4) is 0 Å². The lowest BCUT2D eigenvalue weighted by molar-refractivity contribution is 0.112. The monoisotopic (exact) mass is 299 g/mol. The molecule has 0 amide bonds. The largest absolute Gasteiger partial charge is 0.492 e. The Bertz CT molecular complexity index is 762. The van der Waals surface area contributed by atoms with E-state index in [0.29, 0.717) is 23.7 Å². The minimum atomic E-state index is 0.526. The summed E-state index contributed by atoms with van der Waals surface area (Å²) in [6, 6.07) is 15.1. The summed E-state index contributed by atoms with van der Waals surface area (Å²) in [6.07, 6.45) is 2.75. The van der Waals surface area contributed by atoms with Crippen LogP contribution in [0.1, 0.15) is 10.4 Å². The molecule has 3 aromatic rings. The van der Waals surface area contributed by atoms with E-state index >= 15 is 0 Å². The highest BCUT2D eigenvalue weighted by atomic mass is 35.5. The number of halogens is 1. The zero-order valence-corrected chi connectivity index (χ0v) is 12.1. The van der Waals surface area contributed by atoms with Gasteiger partial charge in [0.15, 0.2) is 6.29 Å². The van der Waals surface area contributed by atoms with E-state index in [4.69, 9.17) is 16.3 Å². The smallest absolute Gasteiger partial charge is 0.152 e. The van der Waals surface area contributed by atoms with Crippen molar-refractivity contribution in [3.63, 3.8) is 0 Å². The van der Waals surface area contributed by atoms with E-state index in [1.807, 2.05) is 47.2 Å². The number of aromatic nitrogens is 1. The topological polar surface area (TPSA) is 31.2 Å². The highest BCUT2D eigenvalue weighted by Crippen LogP contribution is 2.20. The van der Waals surface area contributed by atoms with Gasteiger partial charge in [-0.3, -0.25) is 4.79 Å². The molecule has 0 unspecified atom stereocenters. The molecule has 0 fully saturated rings. The van der Waals surface area contributed by atoms with E-state index in [0.717, 1.165) is 22.9 Å². The van der Waals surface area contributed by atoms with Gasteiger partial charge in [-0.25, -0.2) is 0 Å². The first kappa shape index (κ1) is 13.7. The quantitative estimate of drug-likeness (QED) is 0.662. The fourth-order valence-electron chi connectivity index (χ4n) is 2.35. The molecular weight excluding hydrogens is 286 g/mol. The summed E-state index contributed by atoms with van der Waals surface area (Å²) in [5.74, 6) is 0.784. The number of hydrogen-bond donors (Lipinski definition) is 0. The Morgan fingerprint density at radius 3 is 2.62 bits per heavy atom. The van der Waals surface area contributed by atoms with Gasteiger partial charge in [0.05, 0.1) is 6.54 Å². The Balaban J connectivity index is 1.73. The van der Waals surface area contributed by atoms with Gasteiger partial charge in [0.25, 0.3) is 0 Å². The average Bonchev–Trinajstić information content (AvgIpc) is 2.88. The van der Waals surface area contributed by atoms with Crippen LogP contribution >= 0.6 is 11.6 Å². The molecule has 0 aliphatic carbocycles. The lowest BCUT2D eigenvalue weighted by Gasteiger charge is -2.08. The van der Waals surface area contributed by atoms with Crippen molar-refractivity contribution in [1.29, 1.82) is 0 Å². The minimum Gasteiger partial charge on any atom is -0.492 e. The molecule has 0 spiro atoms. The maximum atomic E-state index is 11.1. The molecule has 0 bridgehead atoms. The van der Waals surface area contributed by atoms with E-state index in [9.17, 15) is 4.79 Å². The summed E-state index contributed by atoms with van der Waals surface area (Å²) in [7, 11) is 0. The molecule has 0 atom stereocenters. The van der Waals surface area contributed by atoms with Crippen molar-refractivity contribution < 1.29 is 9.53 Å². The number of para-hydroxylation sites is 1. The molecule has 0 saturated carbocycles. The molecule has 0 radical (unpaired) electrons. The second kappa shape index (κ2) is 6.02. The van der Waals surface area contributed by atoms with Crippen molar-refractivity contribution in [1.82, 2.24) is 4.57 Å². The number of rotatable bonds is 5. The molecule has 0 N–H and O–H groups in total. The molecule has 21 heavy (non-hydrogen) atoms. The number of ether oxygens (including phenoxy) is 1. The summed E-state index contributed by atoms with van der Waals surface area (Å²) in [6.45, 7) is 1.20. The number of aldehydes is 1. The fourth-order valence-corrected chi connectivity index (χ4v) is 2.47. The molecule has 3 nitrogen and oxygen atoms in total. The van der Waals surface area contributed by atoms with E-state index < -0.39 is 0 Å². The van der Waals surface area contributed by atoms with Crippen LogP contribution in [0, 0.1) is 0 Å². The van der Waals surface area contributed by atoms with Gasteiger partial charge in [-0.1, -0.05) is 29.8 Å². The summed E-state index contributed by atoms with van der Waals surface area (Å²) in [5, 5.41) is 1.66. The van der Waals surface area contributed by atoms with Gasteiger partial charge >= 0.3 is 0 Å². The molecule has 0 saturated heterocycles. The lowest BCUT2D eigenvalue weighted by Crippen LogP contribution is -2.07. The Labute approximate surface area is 127 Å². The SMILES string of the molecule is O=Cc1cn(CCOc2ccc(Cl)cc2)c2ccccc12. The van der Waals surface area contributed by atoms with Crippen LogP contribution in [0.25, 0.3) is 10.9 Å². The van der Waals surface area contributed by atoms with E-state index in [2.05, 4.69) is 0 Å². The van der Waals surface area contributed by atoms with Gasteiger partial charge < -0.3 is 9.30 Å². The van der Waals surface area contributed by atoms with Gasteiger partial charge in [-0.2, -0.15) is 0 Å². The number of carbonyl (C=O) groups excluding carboxylic acids is 1. The third kappa shape index (κ3) is 2.93. The van der Waals surface area contributed by atoms with Crippen LogP contribution in [0.4, 0.5) is 0 Å². The second-order valence-corrected chi connectivity index (χ2v) is 5.15. The van der Waals surface area contributed by atoms with Crippen molar-refractivity contribution in [3.05, 3.63) is 65.3 Å². The van der Waals surface area contributed by atoms with Gasteiger partial charge in [0.2, 0.25) is 0 Å². The Kier molecular flexibility index (Phi) is 3.93. The van der Waals surface area contributed by atoms with Gasteiger partial charge in [-0.15, -0.1) is 0 Å². The van der Waals surface area contributed by atoms with E-state index in [1.54, 1.807) is 12.1 Å². The molecule has 0 aliphatic heterocycles. The molecule has 4 heteroatoms. The number of nitrogens with zero attached hydrogens (tertiary/aromatic N) is 1. The van der Waals surface area contributed by atoms with Crippen LogP contribution in [0.5, 0.6) is 5.75 Å². The maximum Gasteiger partial charge on any atom is 0.152 e. The van der Waals surface area contributed by atoms with Gasteiger partial charge in [0, 0.05) is 27.7 Å². The normalized spacial score (nSPS) is 10.7. The first-order valence-electron chi connectivity index (χ1n) is 6.69. The third-order valence-corrected chi connectivity index (χ3v) is 3.61. The summed E-state index contributed by atoms with van der Waals surface area (Å²) < 4.78 is 7.73. The van der Waals surface area contributed by atoms with Crippen LogP contribution in [0.15, 0.2) is 54.7 Å². The van der Waals surface area contributed by atoms with Crippen molar-refractivity contribution in [2.75, 3.05) is 6.61 Å². The van der Waals surface area contributed by atoms with Crippen molar-refractivity contribution in [2.24, 2.45) is 0 Å². The highest BCUT2D eigenvalue weighted by molar-refractivity contribution is 6.30. The van der Waals surface area contributed by atoms with Crippen LogP contribution in [-0.4, -0.2) is 17.5 Å². The molecule has 2 aromatic carbocycles. The first-order chi connectivity index (χ1) is 10.3. The predicted molar refractivity (Wildman–Crippen MR) is 84.3 cm³/mol. The van der Waals surface area contributed by atoms with Crippen LogP contribution < -0.4 is 4.74 Å². The second-order valence-electron chi connectivity index (χ2n) is 4.72. The Morgan fingerprint density at radius 1 is 1.10 bits per heavy atom. The number of benzene rings is 2. The highest BCUT2D eigenvalue weighted by Gasteiger charge is 2.06. The van der Waals surface area contributed by atoms with Gasteiger partial charge in [0.1, 0.15) is 12.4 Å². The molecule has 1 heterocycles. The van der Waals surface area contributed by atoms with Crippen molar-refractivity contribution in [3.8, 4) is 5.75 Å². The standard InChI is InChI=1S/C17H14ClNO2/c18-14-5-7-15(8-6-14)21-10-9-19-11-13(12-20)16-3-1-2-4-17(16)19/h1-8,11-12H,9-10H2. The molecule has 106 valence electrons. The zero-order valence-electron chi connectivity index (χ0n) is 11.3. The Hall–Kier alpha value is -2.26. The molecule has 3 rings (SSSR count). The first-order valence-corrected chi connectivity index (χ1v) is 7.07. The molecule has 1 aromatic heterocycles. The van der Waals surface area contributed by atoms with Crippen LogP contribution in [-0.2, 0) is 6.54 Å². The third-order valence-electron chi connectivity index (χ3n) is 3.36. The van der Waals surface area contributed by atoms with Gasteiger partial charge in [-0.05, 0) is 30.3 Å². The lowest BCUT2D eigenvalue weighted by atomic mass is 10.2. The number of carbonyl (C=O) groups is 1. The predicted octanol–water partition coefficient (Wildman–Crippen LogP) is 4.19. The summed E-state index contributed by atoms with van der Waals surface area (Å²) >= 11 is 5.83. The van der Waals surface area contributed by atoms with Crippen LogP contribution in [0.2, 0.25) is 5.02 Å². The number of fused-ring (bicyclic) bond motifs is 1. The zero-order chi connectivity index (χ0) is 14.7. The fraction of sp³-hybridized carbons (Fsp3) is 0.118. The van der Waals surface area contributed by atoms with E-state index in [1.165, 1.54) is 0 Å². The molecule has 0 aliphatic rings. The summed E-state index contributed by atoms with van der Waals surface area (Å²) in [4.78, 5) is 11.1. The number of hydrogen-bond acceptors (Lipinski definition) is 2. The van der Waals surface area contributed by atoms with E-state index in [-0.39, 0.29) is 0 Å². The van der Waals surface area contributed by atoms with Crippen molar-refractivity contribution >= 4 is 28.8 Å². The van der Waals surface area contributed by atoms with Crippen molar-refractivity contribution in [2.45, 2.75) is 6.54 Å². The molecular formula is C17H14ClNO2. The Morgan fingerprint density at radius 2 is 1.86 bits per heavy atom. The summed E-state index contributed by atoms with van der Waals surface area (Å²) in [5.41, 5.74) is 1.75. The minimum absolute atomic E-state index is 0.526.